The number of ether oxygens (including phenoxy) is 1. The Kier molecular flexibility index (Phi) is 4.31. The van der Waals surface area contributed by atoms with Crippen LogP contribution in [0.2, 0.25) is 0 Å². The molecule has 1 fully saturated rings. The van der Waals surface area contributed by atoms with Gasteiger partial charge in [-0.05, 0) is 30.9 Å². The smallest absolute Gasteiger partial charge is 0.223 e. The summed E-state index contributed by atoms with van der Waals surface area (Å²) >= 11 is 0. The molecular weight excluding hydrogens is 228 g/mol. The van der Waals surface area contributed by atoms with Crippen molar-refractivity contribution in [3.8, 4) is 0 Å². The van der Waals surface area contributed by atoms with Crippen molar-refractivity contribution in [2.24, 2.45) is 5.92 Å². The predicted octanol–water partition coefficient (Wildman–Crippen LogP) is 1.43. The van der Waals surface area contributed by atoms with Gasteiger partial charge in [-0.25, -0.2) is 0 Å². The fraction of sp³-hybridized carbons (Fsp3) is 0.571. The Morgan fingerprint density at radius 1 is 1.50 bits per heavy atom. The maximum absolute atomic E-state index is 11.8. The molecule has 0 spiro atoms. The zero-order valence-corrected chi connectivity index (χ0v) is 11.1. The van der Waals surface area contributed by atoms with E-state index in [1.165, 1.54) is 5.56 Å². The molecule has 1 atom stereocenters. The molecule has 1 aromatic heterocycles. The number of pyridine rings is 1. The Balaban J connectivity index is 1.88. The zero-order chi connectivity index (χ0) is 13.0. The molecule has 2 rings (SSSR count). The van der Waals surface area contributed by atoms with Crippen molar-refractivity contribution < 1.29 is 9.53 Å². The van der Waals surface area contributed by atoms with Crippen molar-refractivity contribution >= 4 is 5.91 Å². The maximum atomic E-state index is 11.8. The molecule has 1 amide bonds. The number of amides is 1. The number of hydrogen-bond acceptors (Lipinski definition) is 3. The van der Waals surface area contributed by atoms with Crippen LogP contribution in [0.5, 0.6) is 0 Å². The van der Waals surface area contributed by atoms with E-state index in [-0.39, 0.29) is 5.91 Å². The highest BCUT2D eigenvalue weighted by molar-refractivity contribution is 5.78. The summed E-state index contributed by atoms with van der Waals surface area (Å²) in [6.07, 6.45) is 3.50. The Labute approximate surface area is 108 Å². The second-order valence-corrected chi connectivity index (χ2v) is 4.91. The molecule has 18 heavy (non-hydrogen) atoms. The predicted molar refractivity (Wildman–Crippen MR) is 69.2 cm³/mol. The molecule has 4 heteroatoms. The standard InChI is InChI=1S/C14H20N2O2/c1-11-3-4-12(9-15-11)7-13-8-14(17)16(10-13)5-6-18-2/h3-4,9,13H,5-8,10H2,1-2H3/t13-/m1/s1. The van der Waals surface area contributed by atoms with Crippen LogP contribution < -0.4 is 0 Å². The molecular formula is C14H20N2O2. The van der Waals surface area contributed by atoms with Crippen molar-refractivity contribution in [3.05, 3.63) is 29.6 Å². The average molecular weight is 248 g/mol. The number of aromatic nitrogens is 1. The normalized spacial score (nSPS) is 19.6. The van der Waals surface area contributed by atoms with Crippen LogP contribution in [0.1, 0.15) is 17.7 Å². The average Bonchev–Trinajstić information content (AvgIpc) is 2.70. The van der Waals surface area contributed by atoms with Crippen LogP contribution in [0.4, 0.5) is 0 Å². The molecule has 0 unspecified atom stereocenters. The van der Waals surface area contributed by atoms with Gasteiger partial charge in [-0.2, -0.15) is 0 Å². The number of carbonyl (C=O) groups excluding carboxylic acids is 1. The van der Waals surface area contributed by atoms with Crippen LogP contribution in [0, 0.1) is 12.8 Å². The van der Waals surface area contributed by atoms with Gasteiger partial charge < -0.3 is 9.64 Å². The third kappa shape index (κ3) is 3.29. The Bertz CT molecular complexity index is 403. The van der Waals surface area contributed by atoms with Gasteiger partial charge in [0.1, 0.15) is 0 Å². The molecule has 2 heterocycles. The molecule has 1 aliphatic rings. The van der Waals surface area contributed by atoms with E-state index in [2.05, 4.69) is 11.1 Å². The van der Waals surface area contributed by atoms with E-state index in [1.54, 1.807) is 7.11 Å². The third-order valence-electron chi connectivity index (χ3n) is 3.36. The zero-order valence-electron chi connectivity index (χ0n) is 11.1. The van der Waals surface area contributed by atoms with Gasteiger partial charge in [0.25, 0.3) is 0 Å². The summed E-state index contributed by atoms with van der Waals surface area (Å²) in [4.78, 5) is 18.0. The summed E-state index contributed by atoms with van der Waals surface area (Å²) in [5.74, 6) is 0.663. The van der Waals surface area contributed by atoms with Gasteiger partial charge in [0.15, 0.2) is 0 Å². The van der Waals surface area contributed by atoms with E-state index in [9.17, 15) is 4.79 Å². The molecule has 0 bridgehead atoms. The van der Waals surface area contributed by atoms with Crippen molar-refractivity contribution in [2.45, 2.75) is 19.8 Å². The van der Waals surface area contributed by atoms with Crippen molar-refractivity contribution in [1.82, 2.24) is 9.88 Å². The number of aryl methyl sites for hydroxylation is 1. The van der Waals surface area contributed by atoms with Gasteiger partial charge in [0.2, 0.25) is 5.91 Å². The van der Waals surface area contributed by atoms with E-state index >= 15 is 0 Å². The molecule has 0 saturated carbocycles. The molecule has 1 aliphatic heterocycles. The van der Waals surface area contributed by atoms with E-state index in [0.717, 1.165) is 18.7 Å². The number of carbonyl (C=O) groups is 1. The van der Waals surface area contributed by atoms with Crippen LogP contribution in [-0.2, 0) is 16.0 Å². The Morgan fingerprint density at radius 2 is 2.33 bits per heavy atom. The second kappa shape index (κ2) is 5.96. The van der Waals surface area contributed by atoms with Crippen LogP contribution in [0.15, 0.2) is 18.3 Å². The van der Waals surface area contributed by atoms with Crippen molar-refractivity contribution in [2.75, 3.05) is 26.8 Å². The summed E-state index contributed by atoms with van der Waals surface area (Å²) in [5.41, 5.74) is 2.25. The first kappa shape index (κ1) is 13.0. The summed E-state index contributed by atoms with van der Waals surface area (Å²) in [6.45, 7) is 4.15. The lowest BCUT2D eigenvalue weighted by molar-refractivity contribution is -0.128. The number of hydrogen-bond donors (Lipinski definition) is 0. The van der Waals surface area contributed by atoms with E-state index < -0.39 is 0 Å². The van der Waals surface area contributed by atoms with Gasteiger partial charge in [0.05, 0.1) is 6.61 Å². The lowest BCUT2D eigenvalue weighted by Crippen LogP contribution is -2.28. The number of methoxy groups -OCH3 is 1. The van der Waals surface area contributed by atoms with Crippen LogP contribution in [-0.4, -0.2) is 42.6 Å². The lowest BCUT2D eigenvalue weighted by atomic mass is 10.00. The first-order chi connectivity index (χ1) is 8.69. The highest BCUT2D eigenvalue weighted by Crippen LogP contribution is 2.21. The van der Waals surface area contributed by atoms with Gasteiger partial charge in [-0.15, -0.1) is 0 Å². The van der Waals surface area contributed by atoms with Gasteiger partial charge in [-0.1, -0.05) is 6.07 Å². The molecule has 1 saturated heterocycles. The quantitative estimate of drug-likeness (QED) is 0.791. The Hall–Kier alpha value is -1.42. The molecule has 0 aromatic carbocycles. The minimum atomic E-state index is 0.247. The fourth-order valence-corrected chi connectivity index (χ4v) is 2.36. The van der Waals surface area contributed by atoms with Crippen LogP contribution in [0.3, 0.4) is 0 Å². The first-order valence-electron chi connectivity index (χ1n) is 6.37. The van der Waals surface area contributed by atoms with Crippen molar-refractivity contribution in [1.29, 1.82) is 0 Å². The summed E-state index contributed by atoms with van der Waals surface area (Å²) < 4.78 is 5.01. The van der Waals surface area contributed by atoms with Gasteiger partial charge in [0, 0.05) is 38.5 Å². The maximum Gasteiger partial charge on any atom is 0.223 e. The van der Waals surface area contributed by atoms with Gasteiger partial charge in [-0.3, -0.25) is 9.78 Å². The van der Waals surface area contributed by atoms with E-state index in [4.69, 9.17) is 4.74 Å². The number of nitrogens with zero attached hydrogens (tertiary/aromatic N) is 2. The molecule has 0 radical (unpaired) electrons. The number of rotatable bonds is 5. The largest absolute Gasteiger partial charge is 0.383 e. The Morgan fingerprint density at radius 3 is 3.00 bits per heavy atom. The topological polar surface area (TPSA) is 42.4 Å². The van der Waals surface area contributed by atoms with Crippen molar-refractivity contribution in [3.63, 3.8) is 0 Å². The second-order valence-electron chi connectivity index (χ2n) is 4.91. The van der Waals surface area contributed by atoms with E-state index in [1.807, 2.05) is 24.1 Å². The number of likely N-dealkylation sites (tertiary alicyclic amines) is 1. The van der Waals surface area contributed by atoms with E-state index in [0.29, 0.717) is 25.5 Å². The fourth-order valence-electron chi connectivity index (χ4n) is 2.36. The summed E-state index contributed by atoms with van der Waals surface area (Å²) in [7, 11) is 1.66. The third-order valence-corrected chi connectivity index (χ3v) is 3.36. The lowest BCUT2D eigenvalue weighted by Gasteiger charge is -2.15. The highest BCUT2D eigenvalue weighted by Gasteiger charge is 2.29. The molecule has 98 valence electrons. The molecule has 0 N–H and O–H groups in total. The van der Waals surface area contributed by atoms with Gasteiger partial charge >= 0.3 is 0 Å². The van der Waals surface area contributed by atoms with Crippen LogP contribution >= 0.6 is 0 Å². The summed E-state index contributed by atoms with van der Waals surface area (Å²) in [6, 6.07) is 4.12. The molecule has 0 aliphatic carbocycles. The minimum absolute atomic E-state index is 0.247. The highest BCUT2D eigenvalue weighted by atomic mass is 16.5. The molecule has 4 nitrogen and oxygen atoms in total. The minimum Gasteiger partial charge on any atom is -0.383 e. The summed E-state index contributed by atoms with van der Waals surface area (Å²) in [5, 5.41) is 0. The first-order valence-corrected chi connectivity index (χ1v) is 6.37. The van der Waals surface area contributed by atoms with Crippen LogP contribution in [0.25, 0.3) is 0 Å². The SMILES string of the molecule is COCCN1C[C@H](Cc2ccc(C)nc2)CC1=O. The monoisotopic (exact) mass is 248 g/mol. The molecule has 1 aromatic rings.